The quantitative estimate of drug-likeness (QED) is 0.100. The summed E-state index contributed by atoms with van der Waals surface area (Å²) in [4.78, 5) is 10.2. The fraction of sp³-hybridized carbons (Fsp3) is 0. The highest BCUT2D eigenvalue weighted by atomic mass is 15.1. The second-order valence-electron chi connectivity index (χ2n) is 16.7. The Morgan fingerprint density at radius 1 is 0.441 bits per heavy atom. The zero-order valence-corrected chi connectivity index (χ0v) is 37.2. The molecule has 0 fully saturated rings. The lowest BCUT2D eigenvalue weighted by Gasteiger charge is -2.14. The number of hydrogen-bond donors (Lipinski definition) is 2. The van der Waals surface area contributed by atoms with E-state index in [0.717, 1.165) is 89.1 Å². The highest BCUT2D eigenvalue weighted by molar-refractivity contribution is 6.07. The van der Waals surface area contributed by atoms with Crippen molar-refractivity contribution in [2.24, 2.45) is 4.99 Å². The van der Waals surface area contributed by atoms with Crippen LogP contribution in [0.3, 0.4) is 0 Å². The van der Waals surface area contributed by atoms with Crippen LogP contribution in [0.1, 0.15) is 16.7 Å². The van der Waals surface area contributed by atoms with Gasteiger partial charge in [-0.25, -0.2) is 4.98 Å². The van der Waals surface area contributed by atoms with Gasteiger partial charge in [0.15, 0.2) is 0 Å². The maximum Gasteiger partial charge on any atom is 0.145 e. The highest BCUT2D eigenvalue weighted by Crippen LogP contribution is 2.37. The number of aromatic nitrogens is 2. The molecule has 0 atom stereocenters. The molecule has 5 nitrogen and oxygen atoms in total. The maximum absolute atomic E-state index is 8.76. The first-order valence-corrected chi connectivity index (χ1v) is 22.8. The number of benzene rings is 10. The molecular formula is C63H45N5. The molecule has 5 heteroatoms. The third kappa shape index (κ3) is 8.44. The van der Waals surface area contributed by atoms with Gasteiger partial charge >= 0.3 is 0 Å². The van der Waals surface area contributed by atoms with Crippen molar-refractivity contribution in [2.45, 2.75) is 0 Å². The SMILES string of the molecule is N=C(N/C=C(\N=C\c1ccccc1-c1cccc2c(-c3ccc(-c4cccc(-n5c(-c6ccccc6)nc6ccccc65)c4)cc3)cccc12)c1ccc(-c2ccccc2)cc1)c1ccccc1. The molecule has 0 spiro atoms. The lowest BCUT2D eigenvalue weighted by molar-refractivity contribution is 1.10. The molecule has 1 heterocycles. The van der Waals surface area contributed by atoms with Gasteiger partial charge in [0, 0.05) is 40.4 Å². The van der Waals surface area contributed by atoms with Crippen LogP contribution < -0.4 is 5.32 Å². The van der Waals surface area contributed by atoms with Crippen LogP contribution in [0.15, 0.2) is 260 Å². The van der Waals surface area contributed by atoms with Crippen LogP contribution in [0.4, 0.5) is 0 Å². The fourth-order valence-electron chi connectivity index (χ4n) is 9.01. The van der Waals surface area contributed by atoms with Gasteiger partial charge in [0.2, 0.25) is 0 Å². The third-order valence-electron chi connectivity index (χ3n) is 12.4. The van der Waals surface area contributed by atoms with Crippen molar-refractivity contribution >= 4 is 39.6 Å². The number of nitrogens with one attached hydrogen (secondary N) is 2. The summed E-state index contributed by atoms with van der Waals surface area (Å²) < 4.78 is 2.26. The summed E-state index contributed by atoms with van der Waals surface area (Å²) >= 11 is 0. The standard InChI is InChI=1S/C63H45N5/c64-62(49-19-6-2-7-20-49)66-43-60(48-39-35-45(36-40-48)44-17-4-1-5-18-44)65-42-52-23-10-11-26-55(52)57-29-16-28-56-54(27-15-30-58(56)57)47-37-33-46(34-38-47)51-24-14-25-53(41-51)68-61-32-13-12-31-59(61)67-63(68)50-21-8-3-9-22-50/h1-43H,(H2,64,66)/b60-43-,65-42+. The highest BCUT2D eigenvalue weighted by Gasteiger charge is 2.16. The van der Waals surface area contributed by atoms with E-state index < -0.39 is 0 Å². The van der Waals surface area contributed by atoms with Gasteiger partial charge < -0.3 is 5.32 Å². The van der Waals surface area contributed by atoms with Crippen LogP contribution >= 0.6 is 0 Å². The van der Waals surface area contributed by atoms with Gasteiger partial charge in [-0.2, -0.15) is 0 Å². The van der Waals surface area contributed by atoms with Gasteiger partial charge in [-0.15, -0.1) is 0 Å². The normalized spacial score (nSPS) is 11.6. The molecule has 11 rings (SSSR count). The molecule has 322 valence electrons. The fourth-order valence-corrected chi connectivity index (χ4v) is 9.01. The lowest BCUT2D eigenvalue weighted by atomic mass is 9.91. The third-order valence-corrected chi connectivity index (χ3v) is 12.4. The first kappa shape index (κ1) is 41.5. The van der Waals surface area contributed by atoms with Crippen LogP contribution in [0.5, 0.6) is 0 Å². The average molecular weight is 872 g/mol. The molecule has 0 saturated heterocycles. The Kier molecular flexibility index (Phi) is 11.4. The summed E-state index contributed by atoms with van der Waals surface area (Å²) in [5.74, 6) is 1.22. The van der Waals surface area contributed by atoms with Crippen molar-refractivity contribution < 1.29 is 0 Å². The molecule has 11 aromatic rings. The van der Waals surface area contributed by atoms with Crippen LogP contribution in [0.25, 0.3) is 89.1 Å². The summed E-state index contributed by atoms with van der Waals surface area (Å²) in [5.41, 5.74) is 16.7. The first-order valence-electron chi connectivity index (χ1n) is 22.8. The molecular weight excluding hydrogens is 827 g/mol. The minimum absolute atomic E-state index is 0.298. The molecule has 68 heavy (non-hydrogen) atoms. The number of hydrogen-bond acceptors (Lipinski definition) is 3. The molecule has 2 N–H and O–H groups in total. The van der Waals surface area contributed by atoms with Crippen LogP contribution in [-0.2, 0) is 0 Å². The Bertz CT molecular complexity index is 3630. The van der Waals surface area contributed by atoms with Crippen molar-refractivity contribution in [1.82, 2.24) is 14.9 Å². The largest absolute Gasteiger partial charge is 0.344 e. The summed E-state index contributed by atoms with van der Waals surface area (Å²) in [6, 6.07) is 86.4. The molecule has 0 unspecified atom stereocenters. The second-order valence-corrected chi connectivity index (χ2v) is 16.7. The molecule has 1 aromatic heterocycles. The Hall–Kier alpha value is -9.19. The number of para-hydroxylation sites is 2. The van der Waals surface area contributed by atoms with Crippen molar-refractivity contribution in [3.63, 3.8) is 0 Å². The number of nitrogens with zero attached hydrogens (tertiary/aromatic N) is 3. The van der Waals surface area contributed by atoms with Gasteiger partial charge in [0.1, 0.15) is 11.7 Å². The number of rotatable bonds is 11. The predicted molar refractivity (Wildman–Crippen MR) is 284 cm³/mol. The topological polar surface area (TPSA) is 66.1 Å². The van der Waals surface area contributed by atoms with Crippen LogP contribution in [0, 0.1) is 5.41 Å². The number of imidazole rings is 1. The molecule has 0 amide bonds. The van der Waals surface area contributed by atoms with Crippen molar-refractivity contribution in [1.29, 1.82) is 5.41 Å². The van der Waals surface area contributed by atoms with E-state index in [2.05, 4.69) is 210 Å². The van der Waals surface area contributed by atoms with Crippen molar-refractivity contribution in [3.8, 4) is 61.6 Å². The van der Waals surface area contributed by atoms with E-state index in [0.29, 0.717) is 11.5 Å². The van der Waals surface area contributed by atoms with E-state index in [1.165, 1.54) is 10.9 Å². The maximum atomic E-state index is 8.76. The van der Waals surface area contributed by atoms with E-state index in [1.54, 1.807) is 0 Å². The Balaban J connectivity index is 0.907. The average Bonchev–Trinajstić information content (AvgIpc) is 3.81. The van der Waals surface area contributed by atoms with Crippen molar-refractivity contribution in [2.75, 3.05) is 0 Å². The van der Waals surface area contributed by atoms with Crippen molar-refractivity contribution in [3.05, 3.63) is 272 Å². The monoisotopic (exact) mass is 871 g/mol. The number of fused-ring (bicyclic) bond motifs is 2. The minimum atomic E-state index is 0.298. The summed E-state index contributed by atoms with van der Waals surface area (Å²) in [7, 11) is 0. The van der Waals surface area contributed by atoms with E-state index in [9.17, 15) is 0 Å². The molecule has 0 saturated carbocycles. The van der Waals surface area contributed by atoms with E-state index in [1.807, 2.05) is 60.9 Å². The van der Waals surface area contributed by atoms with E-state index >= 15 is 0 Å². The predicted octanol–water partition coefficient (Wildman–Crippen LogP) is 15.5. The first-order chi connectivity index (χ1) is 33.6. The lowest BCUT2D eigenvalue weighted by Crippen LogP contribution is -2.17. The molecule has 0 aliphatic rings. The van der Waals surface area contributed by atoms with Gasteiger partial charge in [-0.1, -0.05) is 224 Å². The summed E-state index contributed by atoms with van der Waals surface area (Å²) in [6.07, 6.45) is 3.76. The molecule has 10 aromatic carbocycles. The van der Waals surface area contributed by atoms with E-state index in [4.69, 9.17) is 15.4 Å². The van der Waals surface area contributed by atoms with Gasteiger partial charge in [-0.05, 0) is 79.5 Å². The Morgan fingerprint density at radius 3 is 1.75 bits per heavy atom. The number of amidine groups is 1. The van der Waals surface area contributed by atoms with Gasteiger partial charge in [0.25, 0.3) is 0 Å². The molecule has 0 radical (unpaired) electrons. The Morgan fingerprint density at radius 2 is 0.985 bits per heavy atom. The molecule has 0 bridgehead atoms. The van der Waals surface area contributed by atoms with Crippen LogP contribution in [-0.4, -0.2) is 21.6 Å². The second kappa shape index (κ2) is 18.7. The zero-order chi connectivity index (χ0) is 45.7. The zero-order valence-electron chi connectivity index (χ0n) is 37.2. The minimum Gasteiger partial charge on any atom is -0.344 e. The Labute approximate surface area is 396 Å². The van der Waals surface area contributed by atoms with E-state index in [-0.39, 0.29) is 0 Å². The summed E-state index contributed by atoms with van der Waals surface area (Å²) in [5, 5.41) is 14.3. The van der Waals surface area contributed by atoms with Crippen LogP contribution in [0.2, 0.25) is 0 Å². The summed E-state index contributed by atoms with van der Waals surface area (Å²) in [6.45, 7) is 0. The van der Waals surface area contributed by atoms with Gasteiger partial charge in [0.05, 0.1) is 16.7 Å². The van der Waals surface area contributed by atoms with Gasteiger partial charge in [-0.3, -0.25) is 15.0 Å². The smallest absolute Gasteiger partial charge is 0.145 e. The number of aliphatic imine (C=N–C) groups is 1. The molecule has 0 aliphatic carbocycles. The molecule has 0 aliphatic heterocycles.